The highest BCUT2D eigenvalue weighted by Crippen LogP contribution is 2.19. The van der Waals surface area contributed by atoms with Crippen molar-refractivity contribution < 1.29 is 0 Å². The van der Waals surface area contributed by atoms with Crippen LogP contribution in [0.15, 0.2) is 47.7 Å². The van der Waals surface area contributed by atoms with Gasteiger partial charge in [0.25, 0.3) is 0 Å². The van der Waals surface area contributed by atoms with E-state index in [4.69, 9.17) is 11.6 Å². The smallest absolute Gasteiger partial charge is 0.190 e. The van der Waals surface area contributed by atoms with Crippen molar-refractivity contribution in [3.05, 3.63) is 53.3 Å². The van der Waals surface area contributed by atoms with Gasteiger partial charge in [0.15, 0.2) is 5.96 Å². The lowest BCUT2D eigenvalue weighted by Gasteiger charge is -2.20. The lowest BCUT2D eigenvalue weighted by Crippen LogP contribution is -2.38. The fraction of sp³-hybridized carbons (Fsp3) is 0.286. The van der Waals surface area contributed by atoms with Crippen LogP contribution in [0.5, 0.6) is 0 Å². The molecule has 0 aliphatic heterocycles. The van der Waals surface area contributed by atoms with Crippen LogP contribution in [-0.2, 0) is 0 Å². The molecule has 1 aromatic carbocycles. The summed E-state index contributed by atoms with van der Waals surface area (Å²) in [6.45, 7) is 0.677. The first-order chi connectivity index (χ1) is 9.74. The number of guanidine groups is 1. The second kappa shape index (κ2) is 6.96. The molecule has 0 bridgehead atoms. The van der Waals surface area contributed by atoms with E-state index < -0.39 is 0 Å². The molecular weight excluding hydrogens is 274 g/mol. The van der Waals surface area contributed by atoms with Crippen LogP contribution < -0.4 is 10.6 Å². The summed E-state index contributed by atoms with van der Waals surface area (Å²) in [6.07, 6.45) is 3.72. The zero-order valence-corrected chi connectivity index (χ0v) is 12.3. The predicted molar refractivity (Wildman–Crippen MR) is 82.2 cm³/mol. The molecule has 1 unspecified atom stereocenters. The first kappa shape index (κ1) is 14.4. The highest BCUT2D eigenvalue weighted by Gasteiger charge is 2.14. The zero-order valence-electron chi connectivity index (χ0n) is 11.5. The van der Waals surface area contributed by atoms with Gasteiger partial charge in [0.05, 0.1) is 6.04 Å². The molecule has 1 aromatic heterocycles. The first-order valence-electron chi connectivity index (χ1n) is 6.37. The zero-order chi connectivity index (χ0) is 14.4. The Morgan fingerprint density at radius 3 is 2.70 bits per heavy atom. The van der Waals surface area contributed by atoms with Crippen LogP contribution >= 0.6 is 11.6 Å². The molecule has 5 nitrogen and oxygen atoms in total. The van der Waals surface area contributed by atoms with Crippen molar-refractivity contribution in [2.45, 2.75) is 6.04 Å². The van der Waals surface area contributed by atoms with Crippen molar-refractivity contribution in [2.75, 3.05) is 20.6 Å². The third-order valence-corrected chi connectivity index (χ3v) is 3.27. The van der Waals surface area contributed by atoms with Crippen LogP contribution in [0, 0.1) is 0 Å². The molecule has 0 spiro atoms. The first-order valence-corrected chi connectivity index (χ1v) is 6.75. The van der Waals surface area contributed by atoms with Gasteiger partial charge in [-0.05, 0) is 23.8 Å². The molecule has 0 amide bonds. The highest BCUT2D eigenvalue weighted by molar-refractivity contribution is 6.30. The molecule has 0 fully saturated rings. The molecule has 1 atom stereocenters. The van der Waals surface area contributed by atoms with Gasteiger partial charge in [0, 0.05) is 38.1 Å². The van der Waals surface area contributed by atoms with E-state index in [2.05, 4.69) is 20.7 Å². The summed E-state index contributed by atoms with van der Waals surface area (Å²) >= 11 is 5.95. The standard InChI is InChI=1S/C14H18ClN5/c1-16-14(17-2)18-10-13(20-9-3-8-19-20)11-4-6-12(15)7-5-11/h3-9,13H,10H2,1-2H3,(H2,16,17,18). The van der Waals surface area contributed by atoms with Crippen molar-refractivity contribution >= 4 is 17.6 Å². The quantitative estimate of drug-likeness (QED) is 0.668. The van der Waals surface area contributed by atoms with E-state index in [1.54, 1.807) is 13.2 Å². The summed E-state index contributed by atoms with van der Waals surface area (Å²) < 4.78 is 1.92. The monoisotopic (exact) mass is 291 g/mol. The van der Waals surface area contributed by atoms with Crippen molar-refractivity contribution in [3.8, 4) is 0 Å². The van der Waals surface area contributed by atoms with Gasteiger partial charge in [0.2, 0.25) is 0 Å². The van der Waals surface area contributed by atoms with Gasteiger partial charge in [-0.3, -0.25) is 9.67 Å². The molecule has 6 heteroatoms. The molecular formula is C14H18ClN5. The molecule has 20 heavy (non-hydrogen) atoms. The van der Waals surface area contributed by atoms with Gasteiger partial charge < -0.3 is 10.6 Å². The van der Waals surface area contributed by atoms with Gasteiger partial charge in [-0.25, -0.2) is 0 Å². The third kappa shape index (κ3) is 3.51. The average molecular weight is 292 g/mol. The molecule has 2 N–H and O–H groups in total. The minimum Gasteiger partial charge on any atom is -0.359 e. The number of aliphatic imine (C=N–C) groups is 1. The number of nitrogens with one attached hydrogen (secondary N) is 2. The SMILES string of the molecule is CN=C(NC)NCC(c1ccc(Cl)cc1)n1cccn1. The summed E-state index contributed by atoms with van der Waals surface area (Å²) in [5.41, 5.74) is 1.14. The molecule has 0 aliphatic carbocycles. The summed E-state index contributed by atoms with van der Waals surface area (Å²) in [7, 11) is 3.57. The number of benzene rings is 1. The lowest BCUT2D eigenvalue weighted by molar-refractivity contribution is 0.511. The number of aromatic nitrogens is 2. The van der Waals surface area contributed by atoms with Gasteiger partial charge in [0.1, 0.15) is 0 Å². The van der Waals surface area contributed by atoms with Crippen LogP contribution in [0.3, 0.4) is 0 Å². The Morgan fingerprint density at radius 2 is 2.15 bits per heavy atom. The normalized spacial score (nSPS) is 13.1. The maximum atomic E-state index is 5.95. The maximum Gasteiger partial charge on any atom is 0.190 e. The second-order valence-electron chi connectivity index (χ2n) is 4.26. The Morgan fingerprint density at radius 1 is 1.40 bits per heavy atom. The summed E-state index contributed by atoms with van der Waals surface area (Å²) in [5, 5.41) is 11.3. The molecule has 0 radical (unpaired) electrons. The number of halogens is 1. The largest absolute Gasteiger partial charge is 0.359 e. The van der Waals surface area contributed by atoms with Crippen LogP contribution in [0.25, 0.3) is 0 Å². The van der Waals surface area contributed by atoms with Crippen LogP contribution in [0.4, 0.5) is 0 Å². The van der Waals surface area contributed by atoms with E-state index in [9.17, 15) is 0 Å². The molecule has 2 aromatic rings. The molecule has 106 valence electrons. The number of rotatable bonds is 4. The fourth-order valence-corrected chi connectivity index (χ4v) is 2.11. The van der Waals surface area contributed by atoms with Crippen molar-refractivity contribution in [1.29, 1.82) is 0 Å². The molecule has 2 rings (SSSR count). The number of nitrogens with zero attached hydrogens (tertiary/aromatic N) is 3. The Balaban J connectivity index is 2.19. The predicted octanol–water partition coefficient (Wildman–Crippen LogP) is 1.92. The van der Waals surface area contributed by atoms with E-state index in [0.717, 1.165) is 16.5 Å². The maximum absolute atomic E-state index is 5.95. The Bertz CT molecular complexity index is 547. The summed E-state index contributed by atoms with van der Waals surface area (Å²) in [5.74, 6) is 0.746. The van der Waals surface area contributed by atoms with E-state index >= 15 is 0 Å². The molecule has 0 saturated carbocycles. The van der Waals surface area contributed by atoms with Gasteiger partial charge >= 0.3 is 0 Å². The number of hydrogen-bond acceptors (Lipinski definition) is 2. The minimum atomic E-state index is 0.0763. The molecule has 1 heterocycles. The van der Waals surface area contributed by atoms with Crippen LogP contribution in [0.2, 0.25) is 5.02 Å². The highest BCUT2D eigenvalue weighted by atomic mass is 35.5. The van der Waals surface area contributed by atoms with Gasteiger partial charge in [-0.1, -0.05) is 23.7 Å². The second-order valence-corrected chi connectivity index (χ2v) is 4.69. The summed E-state index contributed by atoms with van der Waals surface area (Å²) in [4.78, 5) is 4.11. The van der Waals surface area contributed by atoms with E-state index in [1.165, 1.54) is 0 Å². The third-order valence-electron chi connectivity index (χ3n) is 3.02. The van der Waals surface area contributed by atoms with Crippen LogP contribution in [-0.4, -0.2) is 36.4 Å². The van der Waals surface area contributed by atoms with E-state index in [-0.39, 0.29) is 6.04 Å². The minimum absolute atomic E-state index is 0.0763. The fourth-order valence-electron chi connectivity index (χ4n) is 1.99. The van der Waals surface area contributed by atoms with Crippen molar-refractivity contribution in [3.63, 3.8) is 0 Å². The number of hydrogen-bond donors (Lipinski definition) is 2. The lowest BCUT2D eigenvalue weighted by atomic mass is 10.1. The van der Waals surface area contributed by atoms with Crippen molar-refractivity contribution in [2.24, 2.45) is 4.99 Å². The van der Waals surface area contributed by atoms with E-state index in [1.807, 2.05) is 48.3 Å². The Kier molecular flexibility index (Phi) is 5.01. The average Bonchev–Trinajstić information content (AvgIpc) is 2.99. The van der Waals surface area contributed by atoms with E-state index in [0.29, 0.717) is 6.54 Å². The molecule has 0 aliphatic rings. The van der Waals surface area contributed by atoms with Crippen LogP contribution in [0.1, 0.15) is 11.6 Å². The van der Waals surface area contributed by atoms with Crippen molar-refractivity contribution in [1.82, 2.24) is 20.4 Å². The van der Waals surface area contributed by atoms with Gasteiger partial charge in [-0.15, -0.1) is 0 Å². The van der Waals surface area contributed by atoms with Gasteiger partial charge in [-0.2, -0.15) is 5.10 Å². The molecule has 0 saturated heterocycles. The Hall–Kier alpha value is -2.01. The summed E-state index contributed by atoms with van der Waals surface area (Å²) in [6, 6.07) is 9.79. The Labute approximate surface area is 123 Å². The topological polar surface area (TPSA) is 54.2 Å².